The number of rotatable bonds is 8. The molecule has 1 aromatic heterocycles. The first-order chi connectivity index (χ1) is 15.1. The summed E-state index contributed by atoms with van der Waals surface area (Å²) in [5.74, 6) is 0.517. The Bertz CT molecular complexity index is 1210. The molecule has 1 N–H and O–H groups in total. The van der Waals surface area contributed by atoms with E-state index in [2.05, 4.69) is 15.5 Å². The standard InChI is InChI=1S/C21H24N4O5S2/c1-13-6-11-18(30-4)17(12-13)25(32(5,27)28)14(2)19(26)22-21-24-23-20(31-21)15-7-9-16(29-3)10-8-15/h6-12,14H,1-5H3,(H,22,24,26). The summed E-state index contributed by atoms with van der Waals surface area (Å²) in [6.45, 7) is 3.33. The summed E-state index contributed by atoms with van der Waals surface area (Å²) in [6.07, 6.45) is 1.05. The first-order valence-electron chi connectivity index (χ1n) is 9.57. The topological polar surface area (TPSA) is 111 Å². The molecule has 11 heteroatoms. The van der Waals surface area contributed by atoms with Gasteiger partial charge in [-0.05, 0) is 55.8 Å². The minimum absolute atomic E-state index is 0.261. The number of benzene rings is 2. The lowest BCUT2D eigenvalue weighted by atomic mass is 10.2. The van der Waals surface area contributed by atoms with Gasteiger partial charge in [0.25, 0.3) is 0 Å². The molecule has 0 aliphatic carbocycles. The van der Waals surface area contributed by atoms with Gasteiger partial charge in [-0.15, -0.1) is 10.2 Å². The minimum Gasteiger partial charge on any atom is -0.497 e. The van der Waals surface area contributed by atoms with E-state index in [0.717, 1.165) is 21.7 Å². The molecule has 0 fully saturated rings. The summed E-state index contributed by atoms with van der Waals surface area (Å²) >= 11 is 1.18. The monoisotopic (exact) mass is 476 g/mol. The fourth-order valence-electron chi connectivity index (χ4n) is 3.09. The number of sulfonamides is 1. The van der Waals surface area contributed by atoms with Crippen LogP contribution in [-0.4, -0.2) is 51.0 Å². The molecule has 3 aromatic rings. The van der Waals surface area contributed by atoms with E-state index in [9.17, 15) is 13.2 Å². The van der Waals surface area contributed by atoms with Crippen LogP contribution in [0.3, 0.4) is 0 Å². The van der Waals surface area contributed by atoms with Crippen molar-refractivity contribution in [2.75, 3.05) is 30.1 Å². The molecule has 9 nitrogen and oxygen atoms in total. The smallest absolute Gasteiger partial charge is 0.249 e. The average molecular weight is 477 g/mol. The lowest BCUT2D eigenvalue weighted by Crippen LogP contribution is -2.45. The Labute approximate surface area is 191 Å². The number of methoxy groups -OCH3 is 2. The van der Waals surface area contributed by atoms with Crippen LogP contribution in [0.15, 0.2) is 42.5 Å². The van der Waals surface area contributed by atoms with Gasteiger partial charge in [0, 0.05) is 5.56 Å². The molecule has 1 heterocycles. The zero-order valence-corrected chi connectivity index (χ0v) is 20.0. The van der Waals surface area contributed by atoms with Crippen molar-refractivity contribution in [3.8, 4) is 22.1 Å². The number of hydrogen-bond acceptors (Lipinski definition) is 8. The highest BCUT2D eigenvalue weighted by Crippen LogP contribution is 2.33. The van der Waals surface area contributed by atoms with Gasteiger partial charge in [0.2, 0.25) is 21.1 Å². The van der Waals surface area contributed by atoms with Crippen LogP contribution in [0.25, 0.3) is 10.6 Å². The Hall–Kier alpha value is -3.18. The first-order valence-corrected chi connectivity index (χ1v) is 12.2. The summed E-state index contributed by atoms with van der Waals surface area (Å²) in [7, 11) is -0.770. The summed E-state index contributed by atoms with van der Waals surface area (Å²) in [5.41, 5.74) is 1.93. The molecule has 0 aliphatic rings. The number of carbonyl (C=O) groups is 1. The van der Waals surface area contributed by atoms with Crippen molar-refractivity contribution in [1.29, 1.82) is 0 Å². The minimum atomic E-state index is -3.80. The number of hydrogen-bond donors (Lipinski definition) is 1. The third kappa shape index (κ3) is 5.17. The summed E-state index contributed by atoms with van der Waals surface area (Å²) in [6, 6.07) is 11.3. The van der Waals surface area contributed by atoms with Crippen molar-refractivity contribution in [3.05, 3.63) is 48.0 Å². The van der Waals surface area contributed by atoms with Crippen molar-refractivity contribution in [2.45, 2.75) is 19.9 Å². The number of aromatic nitrogens is 2. The van der Waals surface area contributed by atoms with Crippen molar-refractivity contribution in [3.63, 3.8) is 0 Å². The Morgan fingerprint density at radius 3 is 2.38 bits per heavy atom. The zero-order valence-electron chi connectivity index (χ0n) is 18.3. The largest absolute Gasteiger partial charge is 0.497 e. The average Bonchev–Trinajstić information content (AvgIpc) is 3.21. The van der Waals surface area contributed by atoms with Crippen LogP contribution in [-0.2, 0) is 14.8 Å². The van der Waals surface area contributed by atoms with Crippen molar-refractivity contribution < 1.29 is 22.7 Å². The number of nitrogens with one attached hydrogen (secondary N) is 1. The first kappa shape index (κ1) is 23.5. The van der Waals surface area contributed by atoms with Crippen LogP contribution < -0.4 is 19.1 Å². The van der Waals surface area contributed by atoms with Crippen LogP contribution >= 0.6 is 11.3 Å². The molecule has 0 spiro atoms. The van der Waals surface area contributed by atoms with E-state index < -0.39 is 22.0 Å². The van der Waals surface area contributed by atoms with E-state index in [1.807, 2.05) is 19.1 Å². The van der Waals surface area contributed by atoms with Crippen LogP contribution in [0.4, 0.5) is 10.8 Å². The van der Waals surface area contributed by atoms with Gasteiger partial charge in [-0.2, -0.15) is 0 Å². The second-order valence-electron chi connectivity index (χ2n) is 7.04. The molecule has 1 atom stereocenters. The van der Waals surface area contributed by atoms with Crippen molar-refractivity contribution in [1.82, 2.24) is 10.2 Å². The number of aryl methyl sites for hydroxylation is 1. The Kier molecular flexibility index (Phi) is 6.99. The highest BCUT2D eigenvalue weighted by atomic mass is 32.2. The third-order valence-corrected chi connectivity index (χ3v) is 6.77. The number of ether oxygens (including phenoxy) is 2. The molecule has 0 radical (unpaired) electrons. The predicted octanol–water partition coefficient (Wildman–Crippen LogP) is 3.32. The Morgan fingerprint density at radius 1 is 1.09 bits per heavy atom. The van der Waals surface area contributed by atoms with Gasteiger partial charge in [-0.1, -0.05) is 17.4 Å². The fourth-order valence-corrected chi connectivity index (χ4v) is 5.01. The van der Waals surface area contributed by atoms with Gasteiger partial charge >= 0.3 is 0 Å². The molecular weight excluding hydrogens is 452 g/mol. The second kappa shape index (κ2) is 9.53. The number of carbonyl (C=O) groups excluding carboxylic acids is 1. The Morgan fingerprint density at radius 2 is 1.78 bits per heavy atom. The van der Waals surface area contributed by atoms with E-state index >= 15 is 0 Å². The molecular formula is C21H24N4O5S2. The van der Waals surface area contributed by atoms with E-state index in [1.165, 1.54) is 25.4 Å². The maximum absolute atomic E-state index is 13.0. The van der Waals surface area contributed by atoms with E-state index in [1.54, 1.807) is 37.4 Å². The number of nitrogens with zero attached hydrogens (tertiary/aromatic N) is 3. The quantitative estimate of drug-likeness (QED) is 0.531. The molecule has 2 aromatic carbocycles. The van der Waals surface area contributed by atoms with E-state index in [-0.39, 0.29) is 10.8 Å². The van der Waals surface area contributed by atoms with Gasteiger partial charge in [0.1, 0.15) is 22.5 Å². The molecule has 1 unspecified atom stereocenters. The molecule has 0 aliphatic heterocycles. The summed E-state index contributed by atoms with van der Waals surface area (Å²) < 4.78 is 36.7. The maximum atomic E-state index is 13.0. The predicted molar refractivity (Wildman–Crippen MR) is 125 cm³/mol. The zero-order chi connectivity index (χ0) is 23.5. The van der Waals surface area contributed by atoms with E-state index in [0.29, 0.717) is 16.5 Å². The third-order valence-electron chi connectivity index (χ3n) is 4.65. The number of anilines is 2. The molecule has 3 rings (SSSR count). The molecule has 0 bridgehead atoms. The van der Waals surface area contributed by atoms with Gasteiger partial charge < -0.3 is 9.47 Å². The second-order valence-corrected chi connectivity index (χ2v) is 9.88. The van der Waals surface area contributed by atoms with Crippen LogP contribution in [0.5, 0.6) is 11.5 Å². The SMILES string of the molecule is COc1ccc(-c2nnc(NC(=O)C(C)N(c3cc(C)ccc3OC)S(C)(=O)=O)s2)cc1. The Balaban J connectivity index is 1.85. The van der Waals surface area contributed by atoms with Gasteiger partial charge in [-0.3, -0.25) is 14.4 Å². The molecule has 170 valence electrons. The highest BCUT2D eigenvalue weighted by molar-refractivity contribution is 7.92. The molecule has 32 heavy (non-hydrogen) atoms. The maximum Gasteiger partial charge on any atom is 0.249 e. The lowest BCUT2D eigenvalue weighted by molar-refractivity contribution is -0.116. The van der Waals surface area contributed by atoms with Gasteiger partial charge in [-0.25, -0.2) is 8.42 Å². The van der Waals surface area contributed by atoms with Gasteiger partial charge in [0.15, 0.2) is 0 Å². The molecule has 0 saturated carbocycles. The number of amides is 1. The lowest BCUT2D eigenvalue weighted by Gasteiger charge is -2.29. The fraction of sp³-hybridized carbons (Fsp3) is 0.286. The van der Waals surface area contributed by atoms with Crippen LogP contribution in [0, 0.1) is 6.92 Å². The van der Waals surface area contributed by atoms with Crippen LogP contribution in [0.2, 0.25) is 0 Å². The van der Waals surface area contributed by atoms with Gasteiger partial charge in [0.05, 0.1) is 26.2 Å². The normalized spacial score (nSPS) is 12.2. The molecule has 0 saturated heterocycles. The highest BCUT2D eigenvalue weighted by Gasteiger charge is 2.32. The van der Waals surface area contributed by atoms with E-state index in [4.69, 9.17) is 9.47 Å². The summed E-state index contributed by atoms with van der Waals surface area (Å²) in [5, 5.41) is 11.7. The molecule has 1 amide bonds. The van der Waals surface area contributed by atoms with Crippen LogP contribution in [0.1, 0.15) is 12.5 Å². The van der Waals surface area contributed by atoms with Crippen molar-refractivity contribution >= 4 is 38.1 Å². The summed E-state index contributed by atoms with van der Waals surface area (Å²) in [4.78, 5) is 13.0. The van der Waals surface area contributed by atoms with Crippen molar-refractivity contribution in [2.24, 2.45) is 0 Å².